The Morgan fingerprint density at radius 1 is 0.973 bits per heavy atom. The van der Waals surface area contributed by atoms with Crippen molar-refractivity contribution in [1.82, 2.24) is 4.90 Å². The minimum Gasteiger partial charge on any atom is -0.508 e. The standard InChI is InChI=1S/C29H33FN2O5/c1-5-13-32(17-21-7-9-23(30)10-8-21)18-22-16-25(11-12-26(22)33)37-27-19(3)14-24(15-20(27)4)31-28(34)29(35)36-6-2/h7-12,14-16,33H,5-6,13,17-18H2,1-4H3,(H,31,34). The first-order valence-electron chi connectivity index (χ1n) is 12.3. The van der Waals surface area contributed by atoms with E-state index in [9.17, 15) is 19.1 Å². The highest BCUT2D eigenvalue weighted by atomic mass is 19.1. The number of halogens is 1. The first kappa shape index (κ1) is 27.7. The quantitative estimate of drug-likeness (QED) is 0.264. The number of nitrogens with zero attached hydrogens (tertiary/aromatic N) is 1. The molecule has 0 unspecified atom stereocenters. The Kier molecular flexibility index (Phi) is 9.63. The highest BCUT2D eigenvalue weighted by molar-refractivity contribution is 6.37. The van der Waals surface area contributed by atoms with Crippen LogP contribution in [-0.2, 0) is 27.4 Å². The number of carbonyl (C=O) groups is 2. The number of nitrogens with one attached hydrogen (secondary N) is 1. The van der Waals surface area contributed by atoms with Gasteiger partial charge in [0.25, 0.3) is 0 Å². The number of amides is 1. The molecule has 0 aliphatic carbocycles. The first-order chi connectivity index (χ1) is 17.7. The van der Waals surface area contributed by atoms with Crippen LogP contribution in [0.3, 0.4) is 0 Å². The molecule has 0 saturated heterocycles. The lowest BCUT2D eigenvalue weighted by Crippen LogP contribution is -2.25. The maximum atomic E-state index is 13.3. The van der Waals surface area contributed by atoms with Gasteiger partial charge in [-0.05, 0) is 92.9 Å². The number of hydrogen-bond donors (Lipinski definition) is 2. The maximum absolute atomic E-state index is 13.3. The number of carbonyl (C=O) groups excluding carboxylic acids is 2. The number of benzene rings is 3. The number of aromatic hydroxyl groups is 1. The molecule has 0 fully saturated rings. The normalized spacial score (nSPS) is 10.9. The molecule has 0 aliphatic heterocycles. The van der Waals surface area contributed by atoms with Gasteiger partial charge >= 0.3 is 11.9 Å². The van der Waals surface area contributed by atoms with E-state index in [2.05, 4.69) is 17.1 Å². The average molecular weight is 509 g/mol. The number of anilines is 1. The molecule has 0 radical (unpaired) electrons. The Labute approximate surface area is 216 Å². The van der Waals surface area contributed by atoms with Gasteiger partial charge in [-0.2, -0.15) is 0 Å². The Morgan fingerprint density at radius 2 is 1.65 bits per heavy atom. The van der Waals surface area contributed by atoms with E-state index in [1.165, 1.54) is 12.1 Å². The molecule has 3 aromatic rings. The van der Waals surface area contributed by atoms with Crippen LogP contribution in [0, 0.1) is 19.7 Å². The van der Waals surface area contributed by atoms with Gasteiger partial charge < -0.3 is 19.9 Å². The highest BCUT2D eigenvalue weighted by Crippen LogP contribution is 2.34. The third-order valence-electron chi connectivity index (χ3n) is 5.70. The van der Waals surface area contributed by atoms with E-state index in [0.29, 0.717) is 35.8 Å². The van der Waals surface area contributed by atoms with Gasteiger partial charge in [-0.15, -0.1) is 0 Å². The Bertz CT molecular complexity index is 1220. The van der Waals surface area contributed by atoms with Crippen molar-refractivity contribution in [2.24, 2.45) is 0 Å². The molecule has 1 amide bonds. The fourth-order valence-corrected chi connectivity index (χ4v) is 4.05. The minimum atomic E-state index is -0.939. The van der Waals surface area contributed by atoms with E-state index >= 15 is 0 Å². The second-order valence-corrected chi connectivity index (χ2v) is 8.84. The summed E-state index contributed by atoms with van der Waals surface area (Å²) in [4.78, 5) is 25.8. The van der Waals surface area contributed by atoms with E-state index < -0.39 is 11.9 Å². The van der Waals surface area contributed by atoms with Crippen LogP contribution in [0.15, 0.2) is 54.6 Å². The van der Waals surface area contributed by atoms with E-state index in [0.717, 1.165) is 29.7 Å². The number of aryl methyl sites for hydroxylation is 2. The van der Waals surface area contributed by atoms with Crippen LogP contribution in [0.1, 0.15) is 42.5 Å². The van der Waals surface area contributed by atoms with Gasteiger partial charge in [0.2, 0.25) is 0 Å². The van der Waals surface area contributed by atoms with Gasteiger partial charge in [-0.25, -0.2) is 9.18 Å². The molecule has 0 spiro atoms. The van der Waals surface area contributed by atoms with Crippen molar-refractivity contribution >= 4 is 17.6 Å². The van der Waals surface area contributed by atoms with Gasteiger partial charge in [-0.3, -0.25) is 9.69 Å². The Balaban J connectivity index is 1.76. The molecule has 7 nitrogen and oxygen atoms in total. The van der Waals surface area contributed by atoms with Crippen molar-refractivity contribution in [1.29, 1.82) is 0 Å². The Hall–Kier alpha value is -3.91. The molecule has 3 aromatic carbocycles. The third-order valence-corrected chi connectivity index (χ3v) is 5.70. The van der Waals surface area contributed by atoms with Crippen molar-refractivity contribution in [3.8, 4) is 17.2 Å². The summed E-state index contributed by atoms with van der Waals surface area (Å²) in [6.07, 6.45) is 0.926. The van der Waals surface area contributed by atoms with Crippen LogP contribution in [-0.4, -0.2) is 35.0 Å². The third kappa shape index (κ3) is 7.79. The fraction of sp³-hybridized carbons (Fsp3) is 0.310. The van der Waals surface area contributed by atoms with Crippen LogP contribution >= 0.6 is 0 Å². The average Bonchev–Trinajstić information content (AvgIpc) is 2.85. The molecule has 8 heteroatoms. The largest absolute Gasteiger partial charge is 0.508 e. The van der Waals surface area contributed by atoms with Crippen molar-refractivity contribution in [2.75, 3.05) is 18.5 Å². The number of phenols is 1. The summed E-state index contributed by atoms with van der Waals surface area (Å²) in [5, 5.41) is 13.1. The maximum Gasteiger partial charge on any atom is 0.397 e. The molecule has 2 N–H and O–H groups in total. The first-order valence-corrected chi connectivity index (χ1v) is 12.3. The number of hydrogen-bond acceptors (Lipinski definition) is 6. The van der Waals surface area contributed by atoms with Crippen molar-refractivity contribution in [3.05, 3.63) is 82.7 Å². The lowest BCUT2D eigenvalue weighted by atomic mass is 10.1. The number of phenolic OH excluding ortho intramolecular Hbond substituents is 1. The summed E-state index contributed by atoms with van der Waals surface area (Å²) in [5.41, 5.74) is 3.68. The number of ether oxygens (including phenoxy) is 2. The van der Waals surface area contributed by atoms with Gasteiger partial charge in [0.15, 0.2) is 0 Å². The van der Waals surface area contributed by atoms with Crippen LogP contribution < -0.4 is 10.1 Å². The second-order valence-electron chi connectivity index (χ2n) is 8.84. The zero-order chi connectivity index (χ0) is 26.9. The molecular weight excluding hydrogens is 475 g/mol. The molecule has 3 rings (SSSR count). The van der Waals surface area contributed by atoms with E-state index in [4.69, 9.17) is 9.47 Å². The SMILES string of the molecule is CCCN(Cc1ccc(F)cc1)Cc1cc(Oc2c(C)cc(NC(=O)C(=O)OCC)cc2C)ccc1O. The van der Waals surface area contributed by atoms with E-state index in [1.807, 2.05) is 13.8 Å². The second kappa shape index (κ2) is 12.9. The molecule has 0 aromatic heterocycles. The summed E-state index contributed by atoms with van der Waals surface area (Å²) < 4.78 is 24.2. The molecule has 0 saturated carbocycles. The lowest BCUT2D eigenvalue weighted by molar-refractivity contribution is -0.152. The minimum absolute atomic E-state index is 0.119. The van der Waals surface area contributed by atoms with E-state index in [-0.39, 0.29) is 18.2 Å². The summed E-state index contributed by atoms with van der Waals surface area (Å²) >= 11 is 0. The predicted octanol–water partition coefficient (Wildman–Crippen LogP) is 5.85. The van der Waals surface area contributed by atoms with Crippen LogP contribution in [0.4, 0.5) is 10.1 Å². The number of esters is 1. The molecular formula is C29H33FN2O5. The topological polar surface area (TPSA) is 88.1 Å². The summed E-state index contributed by atoms with van der Waals surface area (Å²) in [6.45, 7) is 9.44. The van der Waals surface area contributed by atoms with Crippen LogP contribution in [0.2, 0.25) is 0 Å². The monoisotopic (exact) mass is 508 g/mol. The lowest BCUT2D eigenvalue weighted by Gasteiger charge is -2.23. The molecule has 0 atom stereocenters. The van der Waals surface area contributed by atoms with Gasteiger partial charge in [0.1, 0.15) is 23.1 Å². The highest BCUT2D eigenvalue weighted by Gasteiger charge is 2.17. The van der Waals surface area contributed by atoms with Crippen molar-refractivity contribution < 1.29 is 28.6 Å². The summed E-state index contributed by atoms with van der Waals surface area (Å²) in [7, 11) is 0. The number of rotatable bonds is 10. The fourth-order valence-electron chi connectivity index (χ4n) is 4.05. The van der Waals surface area contributed by atoms with Gasteiger partial charge in [-0.1, -0.05) is 19.1 Å². The molecule has 0 bridgehead atoms. The zero-order valence-corrected chi connectivity index (χ0v) is 21.6. The molecule has 196 valence electrons. The predicted molar refractivity (Wildman–Crippen MR) is 140 cm³/mol. The summed E-state index contributed by atoms with van der Waals surface area (Å²) in [6, 6.07) is 15.0. The van der Waals surface area contributed by atoms with Crippen molar-refractivity contribution in [2.45, 2.75) is 47.2 Å². The van der Waals surface area contributed by atoms with Crippen LogP contribution in [0.25, 0.3) is 0 Å². The van der Waals surface area contributed by atoms with Gasteiger partial charge in [0.05, 0.1) is 6.61 Å². The van der Waals surface area contributed by atoms with Crippen LogP contribution in [0.5, 0.6) is 17.2 Å². The molecule has 37 heavy (non-hydrogen) atoms. The van der Waals surface area contributed by atoms with E-state index in [1.54, 1.807) is 49.4 Å². The zero-order valence-electron chi connectivity index (χ0n) is 21.6. The molecule has 0 heterocycles. The summed E-state index contributed by atoms with van der Waals surface area (Å²) in [5.74, 6) is -0.713. The van der Waals surface area contributed by atoms with Crippen molar-refractivity contribution in [3.63, 3.8) is 0 Å². The smallest absolute Gasteiger partial charge is 0.397 e. The Morgan fingerprint density at radius 3 is 2.27 bits per heavy atom. The molecule has 0 aliphatic rings. The van der Waals surface area contributed by atoms with Gasteiger partial charge in [0, 0.05) is 24.3 Å².